The SMILES string of the molecule is COC(=O)C1=C(C)N(Cc2ccco2)C(=O)/C1=C\c1cc(C)n(-c2ccc(C)cc2)c1C. The molecule has 0 atom stereocenters. The van der Waals surface area contributed by atoms with Crippen molar-refractivity contribution >= 4 is 18.0 Å². The zero-order valence-electron chi connectivity index (χ0n) is 18.9. The topological polar surface area (TPSA) is 64.7 Å². The number of carbonyl (C=O) groups excluding carboxylic acids is 2. The lowest BCUT2D eigenvalue weighted by Gasteiger charge is -2.16. The molecule has 1 amide bonds. The van der Waals surface area contributed by atoms with Crippen LogP contribution >= 0.6 is 0 Å². The van der Waals surface area contributed by atoms with E-state index in [1.165, 1.54) is 12.7 Å². The van der Waals surface area contributed by atoms with E-state index in [-0.39, 0.29) is 18.0 Å². The molecule has 4 rings (SSSR count). The lowest BCUT2D eigenvalue weighted by Crippen LogP contribution is -2.24. The second-order valence-corrected chi connectivity index (χ2v) is 7.98. The first-order valence-electron chi connectivity index (χ1n) is 10.4. The molecule has 0 saturated heterocycles. The van der Waals surface area contributed by atoms with Gasteiger partial charge in [-0.15, -0.1) is 0 Å². The molecule has 6 nitrogen and oxygen atoms in total. The normalized spacial score (nSPS) is 15.2. The molecule has 0 N–H and O–H groups in total. The molecule has 0 radical (unpaired) electrons. The largest absolute Gasteiger partial charge is 0.467 e. The van der Waals surface area contributed by atoms with Crippen LogP contribution in [0.5, 0.6) is 0 Å². The lowest BCUT2D eigenvalue weighted by molar-refractivity contribution is -0.136. The number of aromatic nitrogens is 1. The summed E-state index contributed by atoms with van der Waals surface area (Å²) in [7, 11) is 1.32. The zero-order chi connectivity index (χ0) is 23.0. The lowest BCUT2D eigenvalue weighted by atomic mass is 10.0. The number of rotatable bonds is 5. The summed E-state index contributed by atoms with van der Waals surface area (Å²) in [6, 6.07) is 13.9. The smallest absolute Gasteiger partial charge is 0.340 e. The maximum absolute atomic E-state index is 13.3. The Morgan fingerprint density at radius 3 is 2.44 bits per heavy atom. The molecule has 6 heteroatoms. The summed E-state index contributed by atoms with van der Waals surface area (Å²) in [6.45, 7) is 8.09. The molecule has 0 fully saturated rings. The highest BCUT2D eigenvalue weighted by Gasteiger charge is 2.37. The number of amides is 1. The number of benzene rings is 1. The third kappa shape index (κ3) is 3.68. The Kier molecular flexibility index (Phi) is 5.61. The Morgan fingerprint density at radius 1 is 1.09 bits per heavy atom. The summed E-state index contributed by atoms with van der Waals surface area (Å²) in [5.74, 6) is -0.142. The predicted molar refractivity (Wildman–Crippen MR) is 122 cm³/mol. The van der Waals surface area contributed by atoms with Crippen molar-refractivity contribution < 1.29 is 18.7 Å². The first-order valence-corrected chi connectivity index (χ1v) is 10.4. The van der Waals surface area contributed by atoms with Crippen LogP contribution in [0, 0.1) is 20.8 Å². The van der Waals surface area contributed by atoms with E-state index in [0.717, 1.165) is 22.6 Å². The maximum atomic E-state index is 13.3. The number of esters is 1. The Labute approximate surface area is 187 Å². The van der Waals surface area contributed by atoms with Gasteiger partial charge in [-0.25, -0.2) is 4.79 Å². The summed E-state index contributed by atoms with van der Waals surface area (Å²) in [4.78, 5) is 27.5. The number of carbonyl (C=O) groups is 2. The fraction of sp³-hybridized carbons (Fsp3) is 0.231. The Hall–Kier alpha value is -3.80. The van der Waals surface area contributed by atoms with Crippen LogP contribution in [-0.2, 0) is 20.9 Å². The summed E-state index contributed by atoms with van der Waals surface area (Å²) in [6.07, 6.45) is 3.35. The predicted octanol–water partition coefficient (Wildman–Crippen LogP) is 4.87. The monoisotopic (exact) mass is 430 g/mol. The van der Waals surface area contributed by atoms with Crippen molar-refractivity contribution in [1.82, 2.24) is 9.47 Å². The van der Waals surface area contributed by atoms with Crippen molar-refractivity contribution in [3.8, 4) is 5.69 Å². The van der Waals surface area contributed by atoms with E-state index in [2.05, 4.69) is 35.8 Å². The molecular formula is C26H26N2O4. The van der Waals surface area contributed by atoms with E-state index >= 15 is 0 Å². The number of furan rings is 1. The first kappa shape index (κ1) is 21.4. The number of hydrogen-bond acceptors (Lipinski definition) is 4. The minimum absolute atomic E-state index is 0.248. The van der Waals surface area contributed by atoms with Crippen LogP contribution in [0.4, 0.5) is 0 Å². The second-order valence-electron chi connectivity index (χ2n) is 7.98. The molecule has 3 aromatic rings. The molecule has 164 valence electrons. The van der Waals surface area contributed by atoms with Gasteiger partial charge in [0.05, 0.1) is 31.1 Å². The quantitative estimate of drug-likeness (QED) is 0.428. The van der Waals surface area contributed by atoms with Gasteiger partial charge in [-0.05, 0) is 69.7 Å². The van der Waals surface area contributed by atoms with Crippen LogP contribution in [-0.4, -0.2) is 28.5 Å². The Morgan fingerprint density at radius 2 is 1.81 bits per heavy atom. The molecule has 0 aliphatic carbocycles. The van der Waals surface area contributed by atoms with Gasteiger partial charge < -0.3 is 18.6 Å². The van der Waals surface area contributed by atoms with Crippen molar-refractivity contribution in [3.63, 3.8) is 0 Å². The van der Waals surface area contributed by atoms with Crippen molar-refractivity contribution in [3.05, 3.63) is 93.8 Å². The van der Waals surface area contributed by atoms with E-state index in [1.807, 2.05) is 19.9 Å². The number of nitrogens with zero attached hydrogens (tertiary/aromatic N) is 2. The Bertz CT molecular complexity index is 1240. The minimum Gasteiger partial charge on any atom is -0.467 e. The third-order valence-corrected chi connectivity index (χ3v) is 5.86. The maximum Gasteiger partial charge on any atom is 0.340 e. The van der Waals surface area contributed by atoms with Gasteiger partial charge >= 0.3 is 5.97 Å². The van der Waals surface area contributed by atoms with Gasteiger partial charge in [0.2, 0.25) is 0 Å². The van der Waals surface area contributed by atoms with E-state index in [4.69, 9.17) is 9.15 Å². The average molecular weight is 431 g/mol. The van der Waals surface area contributed by atoms with Gasteiger partial charge in [0.1, 0.15) is 5.76 Å². The molecule has 3 heterocycles. The van der Waals surface area contributed by atoms with Gasteiger partial charge in [-0.2, -0.15) is 0 Å². The number of aryl methyl sites for hydroxylation is 2. The van der Waals surface area contributed by atoms with Crippen LogP contribution in [0.2, 0.25) is 0 Å². The van der Waals surface area contributed by atoms with Gasteiger partial charge in [0.25, 0.3) is 5.91 Å². The van der Waals surface area contributed by atoms with Gasteiger partial charge in [0, 0.05) is 22.8 Å². The van der Waals surface area contributed by atoms with E-state index in [9.17, 15) is 9.59 Å². The average Bonchev–Trinajstić information content (AvgIpc) is 3.44. The number of ether oxygens (including phenoxy) is 1. The Balaban J connectivity index is 1.78. The molecular weight excluding hydrogens is 404 g/mol. The molecule has 0 saturated carbocycles. The zero-order valence-corrected chi connectivity index (χ0v) is 18.9. The third-order valence-electron chi connectivity index (χ3n) is 5.86. The molecule has 1 aliphatic heterocycles. The number of allylic oxidation sites excluding steroid dienone is 1. The highest BCUT2D eigenvalue weighted by Crippen LogP contribution is 2.34. The van der Waals surface area contributed by atoms with Crippen molar-refractivity contribution in [2.75, 3.05) is 7.11 Å². The number of methoxy groups -OCH3 is 1. The van der Waals surface area contributed by atoms with Crippen LogP contribution in [0.15, 0.2) is 70.0 Å². The molecule has 0 spiro atoms. The van der Waals surface area contributed by atoms with Crippen LogP contribution in [0.3, 0.4) is 0 Å². The summed E-state index contributed by atoms with van der Waals surface area (Å²) in [5.41, 5.74) is 6.29. The van der Waals surface area contributed by atoms with Crippen molar-refractivity contribution in [2.24, 2.45) is 0 Å². The highest BCUT2D eigenvalue weighted by molar-refractivity contribution is 6.16. The van der Waals surface area contributed by atoms with Crippen LogP contribution < -0.4 is 0 Å². The van der Waals surface area contributed by atoms with Gasteiger partial charge in [-0.1, -0.05) is 17.7 Å². The molecule has 2 aromatic heterocycles. The van der Waals surface area contributed by atoms with E-state index in [0.29, 0.717) is 17.0 Å². The fourth-order valence-corrected chi connectivity index (χ4v) is 4.16. The summed E-state index contributed by atoms with van der Waals surface area (Å²) in [5, 5.41) is 0. The second kappa shape index (κ2) is 8.38. The first-order chi connectivity index (χ1) is 15.3. The van der Waals surface area contributed by atoms with Gasteiger partial charge in [0.15, 0.2) is 0 Å². The minimum atomic E-state index is -0.531. The molecule has 0 unspecified atom stereocenters. The number of hydrogen-bond donors (Lipinski definition) is 0. The van der Waals surface area contributed by atoms with E-state index in [1.54, 1.807) is 36.3 Å². The van der Waals surface area contributed by atoms with Crippen LogP contribution in [0.25, 0.3) is 11.8 Å². The van der Waals surface area contributed by atoms with Crippen molar-refractivity contribution in [1.29, 1.82) is 0 Å². The summed E-state index contributed by atoms with van der Waals surface area (Å²) < 4.78 is 12.5. The molecule has 0 bridgehead atoms. The van der Waals surface area contributed by atoms with E-state index < -0.39 is 5.97 Å². The molecule has 1 aliphatic rings. The molecule has 32 heavy (non-hydrogen) atoms. The van der Waals surface area contributed by atoms with Crippen LogP contribution in [0.1, 0.15) is 35.2 Å². The molecule has 1 aromatic carbocycles. The van der Waals surface area contributed by atoms with Gasteiger partial charge in [-0.3, -0.25) is 4.79 Å². The fourth-order valence-electron chi connectivity index (χ4n) is 4.16. The standard InChI is InChI=1S/C26H26N2O4/c1-16-8-10-21(11-9-16)28-17(2)13-20(18(28)3)14-23-24(26(30)31-5)19(4)27(25(23)29)15-22-7-6-12-32-22/h6-14H,15H2,1-5H3/b23-14-. The summed E-state index contributed by atoms with van der Waals surface area (Å²) >= 11 is 0. The van der Waals surface area contributed by atoms with Crippen molar-refractivity contribution in [2.45, 2.75) is 34.2 Å². The highest BCUT2D eigenvalue weighted by atomic mass is 16.5.